The summed E-state index contributed by atoms with van der Waals surface area (Å²) in [6.45, 7) is 0. The monoisotopic (exact) mass is 453 g/mol. The van der Waals surface area contributed by atoms with Crippen molar-refractivity contribution in [3.8, 4) is 17.3 Å². The third-order valence-electron chi connectivity index (χ3n) is 4.98. The van der Waals surface area contributed by atoms with E-state index < -0.39 is 84.2 Å². The summed E-state index contributed by atoms with van der Waals surface area (Å²) in [6, 6.07) is 10.3. The largest absolute Gasteiger partial charge is 0.278 e. The van der Waals surface area contributed by atoms with Crippen LogP contribution in [0.4, 0.5) is 0 Å². The van der Waals surface area contributed by atoms with E-state index in [0.717, 1.165) is 10.8 Å². The smallest absolute Gasteiger partial charge is 0.239 e. The Balaban J connectivity index is 1.69. The molecule has 2 heterocycles. The van der Waals surface area contributed by atoms with Crippen LogP contribution in [0.25, 0.3) is 39.1 Å². The molecule has 6 rings (SSSR count). The van der Waals surface area contributed by atoms with Gasteiger partial charge in [-0.2, -0.15) is 15.0 Å². The van der Waals surface area contributed by atoms with Crippen LogP contribution in [0.15, 0.2) is 72.7 Å². The Labute approximate surface area is 213 Å². The van der Waals surface area contributed by atoms with Crippen LogP contribution in [0.2, 0.25) is 5.28 Å². The van der Waals surface area contributed by atoms with Crippen LogP contribution in [0.3, 0.4) is 0 Å². The molecule has 5 aromatic rings. The molecule has 3 aromatic carbocycles. The second-order valence-corrected chi connectivity index (χ2v) is 7.19. The van der Waals surface area contributed by atoms with E-state index in [1.54, 1.807) is 28.8 Å². The molecule has 0 saturated heterocycles. The van der Waals surface area contributed by atoms with Gasteiger partial charge in [0.2, 0.25) is 11.2 Å². The van der Waals surface area contributed by atoms with Gasteiger partial charge in [-0.05, 0) is 54.0 Å². The quantitative estimate of drug-likeness (QED) is 0.287. The van der Waals surface area contributed by atoms with E-state index in [4.69, 9.17) is 30.8 Å². The van der Waals surface area contributed by atoms with E-state index in [1.807, 2.05) is 24.3 Å². The van der Waals surface area contributed by atoms with Crippen LogP contribution in [-0.2, 0) is 0 Å². The Bertz CT molecular complexity index is 2050. The van der Waals surface area contributed by atoms with E-state index in [2.05, 4.69) is 15.0 Å². The van der Waals surface area contributed by atoms with Crippen molar-refractivity contribution in [1.29, 1.82) is 0 Å². The molecule has 1 aliphatic carbocycles. The van der Waals surface area contributed by atoms with Crippen LogP contribution >= 0.6 is 11.6 Å². The fourth-order valence-corrected chi connectivity index (χ4v) is 3.80. The maximum Gasteiger partial charge on any atom is 0.239 e. The van der Waals surface area contributed by atoms with Gasteiger partial charge in [-0.1, -0.05) is 73.6 Å². The van der Waals surface area contributed by atoms with Crippen molar-refractivity contribution in [2.24, 2.45) is 0 Å². The van der Waals surface area contributed by atoms with E-state index in [9.17, 15) is 1.37 Å². The minimum atomic E-state index is -3.96. The van der Waals surface area contributed by atoms with Crippen molar-refractivity contribution in [2.45, 2.75) is 37.8 Å². The minimum Gasteiger partial charge on any atom is -0.278 e. The molecule has 0 atom stereocenters. The molecule has 1 saturated carbocycles. The lowest BCUT2D eigenvalue weighted by Gasteiger charge is -2.22. The van der Waals surface area contributed by atoms with Gasteiger partial charge in [-0.3, -0.25) is 4.57 Å². The highest BCUT2D eigenvalue weighted by Gasteiger charge is 2.18. The predicted molar refractivity (Wildman–Crippen MR) is 130 cm³/mol. The molecule has 0 spiro atoms. The molecule has 0 unspecified atom stereocenters. The summed E-state index contributed by atoms with van der Waals surface area (Å²) in [5, 5.41) is 1.19. The van der Waals surface area contributed by atoms with Crippen LogP contribution in [0.5, 0.6) is 0 Å². The minimum absolute atomic E-state index is 0.107. The van der Waals surface area contributed by atoms with Crippen LogP contribution in [0.1, 0.15) is 63.9 Å². The van der Waals surface area contributed by atoms with Gasteiger partial charge in [-0.25, -0.2) is 0 Å². The fraction of sp³-hybridized carbons (Fsp3) is 0.222. The Morgan fingerprint density at radius 1 is 0.906 bits per heavy atom. The summed E-state index contributed by atoms with van der Waals surface area (Å²) < 4.78 is 130. The van der Waals surface area contributed by atoms with Crippen molar-refractivity contribution in [1.82, 2.24) is 19.5 Å². The van der Waals surface area contributed by atoms with Gasteiger partial charge in [0.1, 0.15) is 0 Å². The lowest BCUT2D eigenvalue weighted by atomic mass is 9.83. The molecular weight excluding hydrogens is 416 g/mol. The van der Waals surface area contributed by atoms with E-state index >= 15 is 0 Å². The maximum absolute atomic E-state index is 9.18. The molecular formula is C27H23ClN4. The summed E-state index contributed by atoms with van der Waals surface area (Å²) in [6.07, 6.45) is -19.6. The number of fused-ring (bicyclic) bond motifs is 3. The molecule has 2 aromatic heterocycles. The van der Waals surface area contributed by atoms with Gasteiger partial charge in [0.15, 0.2) is 5.82 Å². The Morgan fingerprint density at radius 3 is 2.31 bits per heavy atom. The molecule has 0 bridgehead atoms. The first-order valence-corrected chi connectivity index (χ1v) is 9.98. The van der Waals surface area contributed by atoms with Gasteiger partial charge in [0.05, 0.1) is 16.5 Å². The molecule has 0 radical (unpaired) electrons. The van der Waals surface area contributed by atoms with Crippen molar-refractivity contribution in [3.63, 3.8) is 0 Å². The first kappa shape index (κ1) is 9.32. The number of benzene rings is 3. The number of para-hydroxylation sites is 2. The number of hydrogen-bond donors (Lipinski definition) is 0. The lowest BCUT2D eigenvalue weighted by molar-refractivity contribution is 0.443. The summed E-state index contributed by atoms with van der Waals surface area (Å²) in [5.74, 6) is -4.52. The SMILES string of the molecule is [2H]c1c([2H])c(-c2nc(Cl)nc(-n3c4ccccc4c4ccccc43)n2)c([2H])c(C2([2H])C([2H])([2H])C([2H])([2H])C([2H])([2H])C([2H])([2H])C2([2H])[2H])c1[2H]. The molecule has 5 heteroatoms. The first-order valence-electron chi connectivity index (χ1n) is 17.1. The maximum atomic E-state index is 9.18. The molecule has 4 nitrogen and oxygen atoms in total. The Morgan fingerprint density at radius 2 is 1.59 bits per heavy atom. The topological polar surface area (TPSA) is 43.6 Å². The number of nitrogens with zero attached hydrogens (tertiary/aromatic N) is 4. The molecule has 158 valence electrons. The van der Waals surface area contributed by atoms with Gasteiger partial charge in [-0.15, -0.1) is 0 Å². The highest BCUT2D eigenvalue weighted by molar-refractivity contribution is 6.28. The summed E-state index contributed by atoms with van der Waals surface area (Å²) in [4.78, 5) is 12.7. The van der Waals surface area contributed by atoms with Crippen LogP contribution in [0, 0.1) is 0 Å². The number of hydrogen-bond acceptors (Lipinski definition) is 3. The lowest BCUT2D eigenvalue weighted by Crippen LogP contribution is -2.06. The van der Waals surface area contributed by atoms with Crippen molar-refractivity contribution < 1.29 is 20.6 Å². The standard InChI is InChI=1S/C27H23ClN4/c28-26-29-25(20-12-8-11-19(17-20)18-9-2-1-3-10-18)30-27(31-26)32-23-15-6-4-13-21(23)22-14-5-7-16-24(22)32/h4-8,11-18H,1-3,9-10H2/i1D2,2D2,3D2,8D,9D2,10D2,11D,12D,17D,18D. The summed E-state index contributed by atoms with van der Waals surface area (Å²) in [5.41, 5.74) is -0.730. The zero-order valence-corrected chi connectivity index (χ0v) is 17.0. The van der Waals surface area contributed by atoms with Gasteiger partial charge < -0.3 is 0 Å². The zero-order chi connectivity index (χ0) is 34.9. The zero-order valence-electron chi connectivity index (χ0n) is 31.3. The molecule has 32 heavy (non-hydrogen) atoms. The predicted octanol–water partition coefficient (Wildman–Crippen LogP) is 7.34. The van der Waals surface area contributed by atoms with Gasteiger partial charge in [0.25, 0.3) is 0 Å². The first-order chi connectivity index (χ1) is 21.6. The third-order valence-corrected chi connectivity index (χ3v) is 5.14. The summed E-state index contributed by atoms with van der Waals surface area (Å²) >= 11 is 6.33. The highest BCUT2D eigenvalue weighted by Crippen LogP contribution is 2.35. The molecule has 0 aliphatic heterocycles. The average molecular weight is 454 g/mol. The normalized spacial score (nSPS) is 30.6. The Hall–Kier alpha value is -3.24. The highest BCUT2D eigenvalue weighted by atomic mass is 35.5. The van der Waals surface area contributed by atoms with Crippen LogP contribution in [-0.4, -0.2) is 19.5 Å². The third kappa shape index (κ3) is 3.35. The Kier molecular flexibility index (Phi) is 2.34. The van der Waals surface area contributed by atoms with Gasteiger partial charge >= 0.3 is 0 Å². The van der Waals surface area contributed by atoms with Gasteiger partial charge in [0, 0.05) is 31.4 Å². The van der Waals surface area contributed by atoms with E-state index in [0.29, 0.717) is 11.0 Å². The molecule has 0 N–H and O–H groups in total. The number of aromatic nitrogens is 4. The fourth-order valence-electron chi connectivity index (χ4n) is 3.64. The average Bonchev–Trinajstić information content (AvgIpc) is 3.33. The molecule has 0 amide bonds. The van der Waals surface area contributed by atoms with Crippen molar-refractivity contribution >= 4 is 33.4 Å². The van der Waals surface area contributed by atoms with E-state index in [-0.39, 0.29) is 5.95 Å². The molecule has 1 aliphatic rings. The van der Waals surface area contributed by atoms with E-state index in [1.165, 1.54) is 0 Å². The second-order valence-electron chi connectivity index (χ2n) is 6.85. The van der Waals surface area contributed by atoms with Crippen molar-refractivity contribution in [3.05, 3.63) is 83.5 Å². The number of rotatable bonds is 3. The summed E-state index contributed by atoms with van der Waals surface area (Å²) in [7, 11) is 0. The molecule has 1 fully saturated rings. The number of halogens is 1. The second kappa shape index (κ2) is 8.03. The van der Waals surface area contributed by atoms with Crippen molar-refractivity contribution in [2.75, 3.05) is 0 Å². The van der Waals surface area contributed by atoms with Crippen LogP contribution < -0.4 is 0 Å².